The third kappa shape index (κ3) is 3.53. The highest BCUT2D eigenvalue weighted by Crippen LogP contribution is 2.47. The predicted octanol–water partition coefficient (Wildman–Crippen LogP) is 4.34. The van der Waals surface area contributed by atoms with Crippen LogP contribution < -0.4 is 9.88 Å². The van der Waals surface area contributed by atoms with Crippen molar-refractivity contribution in [3.8, 4) is 6.07 Å². The number of aliphatic hydroxyl groups is 1. The molecule has 0 amide bonds. The monoisotopic (exact) mass is 453 g/mol. The number of nitriles is 1. The van der Waals surface area contributed by atoms with Gasteiger partial charge in [-0.3, -0.25) is 0 Å². The minimum absolute atomic E-state index is 0.202. The third-order valence-electron chi connectivity index (χ3n) is 5.30. The summed E-state index contributed by atoms with van der Waals surface area (Å²) in [5.74, 6) is -0.559. The van der Waals surface area contributed by atoms with Crippen LogP contribution in [0.4, 0.5) is 0 Å². The van der Waals surface area contributed by atoms with Crippen molar-refractivity contribution in [2.75, 3.05) is 0 Å². The quantitative estimate of drug-likeness (QED) is 0.457. The van der Waals surface area contributed by atoms with Crippen LogP contribution >= 0.6 is 23.2 Å². The second kappa shape index (κ2) is 8.25. The molecular weight excluding hydrogens is 437 g/mol. The number of hydrogen-bond donors (Lipinski definition) is 2. The summed E-state index contributed by atoms with van der Waals surface area (Å²) >= 11 is 17.9. The first-order valence-corrected chi connectivity index (χ1v) is 10.4. The molecule has 0 radical (unpaired) electrons. The molecule has 0 saturated carbocycles. The second-order valence-electron chi connectivity index (χ2n) is 7.03. The zero-order chi connectivity index (χ0) is 21.3. The Balaban J connectivity index is 2.02. The van der Waals surface area contributed by atoms with Gasteiger partial charge in [-0.05, 0) is 17.7 Å². The van der Waals surface area contributed by atoms with Crippen molar-refractivity contribution >= 4 is 35.8 Å². The van der Waals surface area contributed by atoms with Gasteiger partial charge in [-0.1, -0.05) is 70.7 Å². The summed E-state index contributed by atoms with van der Waals surface area (Å²) in [6, 6.07) is 21.7. The molecule has 4 nitrogen and oxygen atoms in total. The molecule has 0 fully saturated rings. The van der Waals surface area contributed by atoms with E-state index >= 15 is 0 Å². The first-order valence-electron chi connectivity index (χ1n) is 9.24. The molecule has 1 aromatic heterocycles. The number of rotatable bonds is 3. The molecule has 7 heteroatoms. The van der Waals surface area contributed by atoms with Gasteiger partial charge in [-0.15, -0.1) is 0 Å². The maximum atomic E-state index is 12.0. The zero-order valence-corrected chi connectivity index (χ0v) is 18.0. The van der Waals surface area contributed by atoms with Crippen LogP contribution in [0.15, 0.2) is 89.7 Å². The minimum atomic E-state index is -1.57. The fourth-order valence-electron chi connectivity index (χ4n) is 3.95. The van der Waals surface area contributed by atoms with E-state index in [9.17, 15) is 10.4 Å². The van der Waals surface area contributed by atoms with Crippen molar-refractivity contribution in [1.29, 1.82) is 5.26 Å². The predicted molar refractivity (Wildman–Crippen MR) is 118 cm³/mol. The minimum Gasteiger partial charge on any atom is -0.762 e. The van der Waals surface area contributed by atoms with Crippen LogP contribution in [0, 0.1) is 11.3 Å². The Kier molecular flexibility index (Phi) is 5.68. The zero-order valence-electron chi connectivity index (χ0n) is 15.7. The van der Waals surface area contributed by atoms with E-state index in [1.54, 1.807) is 12.1 Å². The van der Waals surface area contributed by atoms with Gasteiger partial charge in [0.2, 0.25) is 11.8 Å². The van der Waals surface area contributed by atoms with Gasteiger partial charge >= 0.3 is 0 Å². The molecule has 0 saturated heterocycles. The summed E-state index contributed by atoms with van der Waals surface area (Å²) < 4.78 is 1.88. The van der Waals surface area contributed by atoms with E-state index in [0.29, 0.717) is 21.2 Å². The van der Waals surface area contributed by atoms with Crippen LogP contribution in [0.25, 0.3) is 0 Å². The standard InChI is InChI=1S/C23H17Cl2N3OS/c24-18-10-9-15(13-19(18)25)20-17(14-26)22(30)27-23(29,16-7-3-1-4-8-16)21(20)28-11-5-2-6-12-28/h1-13,20-21,27,29H. The van der Waals surface area contributed by atoms with E-state index in [2.05, 4.69) is 11.4 Å². The number of hydrogen-bond acceptors (Lipinski definition) is 4. The number of nitrogens with one attached hydrogen (secondary N) is 1. The summed E-state index contributed by atoms with van der Waals surface area (Å²) in [6.07, 6.45) is 3.71. The highest BCUT2D eigenvalue weighted by Gasteiger charge is 2.54. The van der Waals surface area contributed by atoms with Gasteiger partial charge in [0.1, 0.15) is 0 Å². The summed E-state index contributed by atoms with van der Waals surface area (Å²) in [5.41, 5.74) is 0.156. The van der Waals surface area contributed by atoms with Crippen LogP contribution in [0.3, 0.4) is 0 Å². The summed E-state index contributed by atoms with van der Waals surface area (Å²) in [6.45, 7) is 0. The van der Waals surface area contributed by atoms with Crippen molar-refractivity contribution < 1.29 is 9.67 Å². The summed E-state index contributed by atoms with van der Waals surface area (Å²) in [4.78, 5) is 0. The molecule has 2 aromatic carbocycles. The molecule has 1 aliphatic rings. The summed E-state index contributed by atoms with van der Waals surface area (Å²) in [5, 5.41) is 26.0. The van der Waals surface area contributed by atoms with E-state index in [4.69, 9.17) is 35.8 Å². The van der Waals surface area contributed by atoms with Gasteiger partial charge in [0.25, 0.3) is 0 Å². The van der Waals surface area contributed by atoms with Crippen LogP contribution in [0.2, 0.25) is 10.0 Å². The van der Waals surface area contributed by atoms with Gasteiger partial charge in [0, 0.05) is 23.3 Å². The molecule has 30 heavy (non-hydrogen) atoms. The Hall–Kier alpha value is -2.62. The highest BCUT2D eigenvalue weighted by molar-refractivity contribution is 7.63. The van der Waals surface area contributed by atoms with Crippen LogP contribution in [-0.2, 0) is 18.4 Å². The van der Waals surface area contributed by atoms with E-state index < -0.39 is 17.7 Å². The molecule has 2 heterocycles. The average molecular weight is 454 g/mol. The van der Waals surface area contributed by atoms with Crippen LogP contribution in [0.5, 0.6) is 0 Å². The second-order valence-corrected chi connectivity index (χ2v) is 8.25. The SMILES string of the molecule is N#CC1=C([S-])NC(O)(c2ccccc2)C([n+]2ccccc2)C1c1ccc(Cl)c(Cl)c1. The normalized spacial score (nSPS) is 23.5. The lowest BCUT2D eigenvalue weighted by Gasteiger charge is -2.45. The van der Waals surface area contributed by atoms with E-state index in [1.807, 2.05) is 71.6 Å². The van der Waals surface area contributed by atoms with Crippen molar-refractivity contribution in [3.05, 3.63) is 111 Å². The molecular formula is C23H17Cl2N3OS. The average Bonchev–Trinajstić information content (AvgIpc) is 2.76. The topological polar surface area (TPSA) is 59.9 Å². The van der Waals surface area contributed by atoms with Gasteiger partial charge in [0.15, 0.2) is 12.4 Å². The van der Waals surface area contributed by atoms with Gasteiger partial charge in [-0.2, -0.15) is 9.83 Å². The van der Waals surface area contributed by atoms with Crippen molar-refractivity contribution in [2.45, 2.75) is 17.7 Å². The Bertz CT molecular complexity index is 1150. The van der Waals surface area contributed by atoms with E-state index in [0.717, 1.165) is 5.56 Å². The number of aromatic nitrogens is 1. The van der Waals surface area contributed by atoms with Crippen molar-refractivity contribution in [1.82, 2.24) is 5.32 Å². The van der Waals surface area contributed by atoms with Gasteiger partial charge < -0.3 is 23.1 Å². The first-order chi connectivity index (χ1) is 14.5. The number of benzene rings is 2. The molecule has 150 valence electrons. The molecule has 2 N–H and O–H groups in total. The van der Waals surface area contributed by atoms with Crippen LogP contribution in [0.1, 0.15) is 23.1 Å². The fourth-order valence-corrected chi connectivity index (χ4v) is 4.58. The molecule has 3 aromatic rings. The van der Waals surface area contributed by atoms with Crippen molar-refractivity contribution in [3.63, 3.8) is 0 Å². The molecule has 3 atom stereocenters. The Morgan fingerprint density at radius 3 is 2.30 bits per heavy atom. The maximum absolute atomic E-state index is 12.0. The fraction of sp³-hybridized carbons (Fsp3) is 0.130. The smallest absolute Gasteiger partial charge is 0.225 e. The third-order valence-corrected chi connectivity index (χ3v) is 6.36. The Morgan fingerprint density at radius 1 is 1.00 bits per heavy atom. The Morgan fingerprint density at radius 2 is 1.67 bits per heavy atom. The van der Waals surface area contributed by atoms with Gasteiger partial charge in [0.05, 0.1) is 22.0 Å². The lowest BCUT2D eigenvalue weighted by Crippen LogP contribution is -2.62. The van der Waals surface area contributed by atoms with Crippen molar-refractivity contribution in [2.24, 2.45) is 0 Å². The van der Waals surface area contributed by atoms with E-state index in [-0.39, 0.29) is 5.03 Å². The molecule has 0 aliphatic carbocycles. The maximum Gasteiger partial charge on any atom is 0.225 e. The van der Waals surface area contributed by atoms with Gasteiger partial charge in [-0.25, -0.2) is 0 Å². The molecule has 3 unspecified atom stereocenters. The lowest BCUT2D eigenvalue weighted by atomic mass is 9.75. The molecule has 0 bridgehead atoms. The summed E-state index contributed by atoms with van der Waals surface area (Å²) in [7, 11) is 0. The van der Waals surface area contributed by atoms with E-state index in [1.165, 1.54) is 0 Å². The number of allylic oxidation sites excluding steroid dienone is 1. The number of nitrogens with zero attached hydrogens (tertiary/aromatic N) is 2. The number of pyridine rings is 1. The molecule has 0 spiro atoms. The molecule has 4 rings (SSSR count). The Labute approximate surface area is 190 Å². The lowest BCUT2D eigenvalue weighted by molar-refractivity contribution is -0.743. The highest BCUT2D eigenvalue weighted by atomic mass is 35.5. The number of halogens is 2. The largest absolute Gasteiger partial charge is 0.762 e. The molecule has 1 aliphatic heterocycles. The first kappa shape index (κ1) is 20.6. The van der Waals surface area contributed by atoms with Crippen LogP contribution in [-0.4, -0.2) is 5.11 Å².